The number of amides is 1. The fourth-order valence-corrected chi connectivity index (χ4v) is 3.27. The standard InChI is InChI=1S/C20H26N4O/c1-4-23-13-11-18(12-14-23)21-22-20(25)17-7-9-19(10-8-17)24-15(2)5-6-16(24)3/h5-10H,4,11-14H2,1-3H3,(H,22,25). The highest BCUT2D eigenvalue weighted by molar-refractivity contribution is 5.95. The normalized spacial score (nSPS) is 15.2. The molecule has 2 aromatic rings. The van der Waals surface area contributed by atoms with Crippen LogP contribution in [0.2, 0.25) is 0 Å². The van der Waals surface area contributed by atoms with Crippen molar-refractivity contribution in [3.05, 3.63) is 53.3 Å². The summed E-state index contributed by atoms with van der Waals surface area (Å²) < 4.78 is 2.17. The molecular formula is C20H26N4O. The maximum absolute atomic E-state index is 12.3. The van der Waals surface area contributed by atoms with Crippen molar-refractivity contribution in [1.82, 2.24) is 14.9 Å². The third-order valence-electron chi connectivity index (χ3n) is 4.85. The lowest BCUT2D eigenvalue weighted by Crippen LogP contribution is -2.34. The van der Waals surface area contributed by atoms with Gasteiger partial charge in [0.25, 0.3) is 5.91 Å². The number of nitrogens with zero attached hydrogens (tertiary/aromatic N) is 3. The Morgan fingerprint density at radius 1 is 1.04 bits per heavy atom. The van der Waals surface area contributed by atoms with Gasteiger partial charge in [0.2, 0.25) is 0 Å². The SMILES string of the molecule is CCN1CCC(=NNC(=O)c2ccc(-n3c(C)ccc3C)cc2)CC1. The molecule has 0 bridgehead atoms. The maximum Gasteiger partial charge on any atom is 0.271 e. The van der Waals surface area contributed by atoms with Crippen LogP contribution in [-0.4, -0.2) is 40.7 Å². The largest absolute Gasteiger partial charge is 0.319 e. The van der Waals surface area contributed by atoms with Crippen LogP contribution in [0.25, 0.3) is 5.69 Å². The Morgan fingerprint density at radius 3 is 2.20 bits per heavy atom. The van der Waals surface area contributed by atoms with Crippen molar-refractivity contribution >= 4 is 11.6 Å². The van der Waals surface area contributed by atoms with E-state index in [9.17, 15) is 4.79 Å². The zero-order valence-electron chi connectivity index (χ0n) is 15.2. The Balaban J connectivity index is 1.64. The molecule has 1 fully saturated rings. The summed E-state index contributed by atoms with van der Waals surface area (Å²) in [6, 6.07) is 11.8. The van der Waals surface area contributed by atoms with Crippen molar-refractivity contribution in [2.45, 2.75) is 33.6 Å². The quantitative estimate of drug-likeness (QED) is 0.870. The van der Waals surface area contributed by atoms with Crippen molar-refractivity contribution in [2.75, 3.05) is 19.6 Å². The second kappa shape index (κ2) is 7.66. The van der Waals surface area contributed by atoms with Crippen LogP contribution in [0.3, 0.4) is 0 Å². The molecule has 0 atom stereocenters. The molecule has 1 saturated heterocycles. The van der Waals surface area contributed by atoms with Crippen molar-refractivity contribution < 1.29 is 4.79 Å². The fraction of sp³-hybridized carbons (Fsp3) is 0.400. The summed E-state index contributed by atoms with van der Waals surface area (Å²) in [6.45, 7) is 9.45. The molecule has 1 N–H and O–H groups in total. The van der Waals surface area contributed by atoms with Crippen LogP contribution in [0.4, 0.5) is 0 Å². The topological polar surface area (TPSA) is 49.6 Å². The van der Waals surface area contributed by atoms with Crippen LogP contribution in [-0.2, 0) is 0 Å². The average molecular weight is 338 g/mol. The van der Waals surface area contributed by atoms with Gasteiger partial charge in [-0.25, -0.2) is 5.43 Å². The number of likely N-dealkylation sites (tertiary alicyclic amines) is 1. The minimum absolute atomic E-state index is 0.155. The average Bonchev–Trinajstić information content (AvgIpc) is 2.98. The van der Waals surface area contributed by atoms with Gasteiger partial charge in [-0.15, -0.1) is 0 Å². The van der Waals surface area contributed by atoms with Crippen LogP contribution in [0.1, 0.15) is 41.5 Å². The number of hydrazone groups is 1. The van der Waals surface area contributed by atoms with E-state index in [2.05, 4.69) is 52.9 Å². The monoisotopic (exact) mass is 338 g/mol. The van der Waals surface area contributed by atoms with Gasteiger partial charge in [-0.1, -0.05) is 6.92 Å². The number of hydrogen-bond acceptors (Lipinski definition) is 3. The third-order valence-corrected chi connectivity index (χ3v) is 4.85. The molecule has 25 heavy (non-hydrogen) atoms. The third kappa shape index (κ3) is 3.99. The second-order valence-corrected chi connectivity index (χ2v) is 6.55. The molecule has 1 aliphatic heterocycles. The number of benzene rings is 1. The molecule has 1 aromatic heterocycles. The lowest BCUT2D eigenvalue weighted by Gasteiger charge is -2.25. The highest BCUT2D eigenvalue weighted by atomic mass is 16.2. The molecule has 2 heterocycles. The molecule has 5 heteroatoms. The van der Waals surface area contributed by atoms with Crippen molar-refractivity contribution in [2.24, 2.45) is 5.10 Å². The summed E-state index contributed by atoms with van der Waals surface area (Å²) in [6.07, 6.45) is 1.86. The summed E-state index contributed by atoms with van der Waals surface area (Å²) in [5.41, 5.74) is 7.83. The lowest BCUT2D eigenvalue weighted by atomic mass is 10.1. The number of piperidine rings is 1. The molecule has 3 rings (SSSR count). The van der Waals surface area contributed by atoms with Crippen LogP contribution in [0, 0.1) is 13.8 Å². The van der Waals surface area contributed by atoms with Crippen LogP contribution >= 0.6 is 0 Å². The molecule has 0 saturated carbocycles. The zero-order valence-corrected chi connectivity index (χ0v) is 15.2. The minimum Gasteiger partial charge on any atom is -0.319 e. The van der Waals surface area contributed by atoms with Crippen LogP contribution in [0.5, 0.6) is 0 Å². The highest BCUT2D eigenvalue weighted by Gasteiger charge is 2.14. The van der Waals surface area contributed by atoms with Crippen LogP contribution < -0.4 is 5.43 Å². The van der Waals surface area contributed by atoms with Gasteiger partial charge in [-0.2, -0.15) is 5.10 Å². The van der Waals surface area contributed by atoms with Crippen LogP contribution in [0.15, 0.2) is 41.5 Å². The first-order valence-corrected chi connectivity index (χ1v) is 8.92. The number of aromatic nitrogens is 1. The molecule has 0 aliphatic carbocycles. The Kier molecular flexibility index (Phi) is 5.34. The van der Waals surface area contributed by atoms with Gasteiger partial charge >= 0.3 is 0 Å². The zero-order chi connectivity index (χ0) is 17.8. The number of carbonyl (C=O) groups excluding carboxylic acids is 1. The van der Waals surface area contributed by atoms with E-state index >= 15 is 0 Å². The number of nitrogens with one attached hydrogen (secondary N) is 1. The van der Waals surface area contributed by atoms with E-state index < -0.39 is 0 Å². The maximum atomic E-state index is 12.3. The predicted octanol–water partition coefficient (Wildman–Crippen LogP) is 3.30. The Labute approximate surface area is 149 Å². The van der Waals surface area contributed by atoms with E-state index in [0.717, 1.165) is 43.9 Å². The van der Waals surface area contributed by atoms with E-state index in [1.807, 2.05) is 24.3 Å². The number of aryl methyl sites for hydroxylation is 2. The molecule has 0 radical (unpaired) electrons. The van der Waals surface area contributed by atoms with Gasteiger partial charge in [-0.05, 0) is 56.8 Å². The van der Waals surface area contributed by atoms with E-state index in [1.54, 1.807) is 0 Å². The first-order valence-electron chi connectivity index (χ1n) is 8.92. The summed E-state index contributed by atoms with van der Waals surface area (Å²) in [7, 11) is 0. The second-order valence-electron chi connectivity index (χ2n) is 6.55. The molecule has 1 aromatic carbocycles. The Bertz CT molecular complexity index is 744. The first kappa shape index (κ1) is 17.4. The molecule has 132 valence electrons. The minimum atomic E-state index is -0.155. The first-order chi connectivity index (χ1) is 12.1. The number of rotatable bonds is 4. The van der Waals surface area contributed by atoms with E-state index in [4.69, 9.17) is 0 Å². The number of carbonyl (C=O) groups is 1. The Hall–Kier alpha value is -2.40. The molecule has 0 unspecified atom stereocenters. The molecule has 0 spiro atoms. The predicted molar refractivity (Wildman–Crippen MR) is 101 cm³/mol. The van der Waals surface area contributed by atoms with Crippen molar-refractivity contribution in [1.29, 1.82) is 0 Å². The summed E-state index contributed by atoms with van der Waals surface area (Å²) in [4.78, 5) is 14.7. The van der Waals surface area contributed by atoms with Gasteiger partial charge in [0, 0.05) is 54.3 Å². The van der Waals surface area contributed by atoms with Crippen molar-refractivity contribution in [3.8, 4) is 5.69 Å². The van der Waals surface area contributed by atoms with Gasteiger partial charge in [-0.3, -0.25) is 4.79 Å². The Morgan fingerprint density at radius 2 is 1.64 bits per heavy atom. The molecule has 1 aliphatic rings. The van der Waals surface area contributed by atoms with Crippen molar-refractivity contribution in [3.63, 3.8) is 0 Å². The van der Waals surface area contributed by atoms with Gasteiger partial charge in [0.05, 0.1) is 0 Å². The molecule has 5 nitrogen and oxygen atoms in total. The molecular weight excluding hydrogens is 312 g/mol. The summed E-state index contributed by atoms with van der Waals surface area (Å²) in [5.74, 6) is -0.155. The molecule has 1 amide bonds. The van der Waals surface area contributed by atoms with E-state index in [1.165, 1.54) is 11.4 Å². The van der Waals surface area contributed by atoms with Gasteiger partial charge < -0.3 is 9.47 Å². The smallest absolute Gasteiger partial charge is 0.271 e. The fourth-order valence-electron chi connectivity index (χ4n) is 3.27. The van der Waals surface area contributed by atoms with E-state index in [0.29, 0.717) is 5.56 Å². The van der Waals surface area contributed by atoms with Gasteiger partial charge in [0.15, 0.2) is 0 Å². The van der Waals surface area contributed by atoms with Gasteiger partial charge in [0.1, 0.15) is 0 Å². The summed E-state index contributed by atoms with van der Waals surface area (Å²) in [5, 5.41) is 4.31. The summed E-state index contributed by atoms with van der Waals surface area (Å²) >= 11 is 0. The number of hydrogen-bond donors (Lipinski definition) is 1. The highest BCUT2D eigenvalue weighted by Crippen LogP contribution is 2.17. The lowest BCUT2D eigenvalue weighted by molar-refractivity contribution is 0.0954. The van der Waals surface area contributed by atoms with E-state index in [-0.39, 0.29) is 5.91 Å².